The Morgan fingerprint density at radius 1 is 1.39 bits per heavy atom. The molecule has 0 aromatic carbocycles. The van der Waals surface area contributed by atoms with E-state index in [0.717, 1.165) is 11.3 Å². The Balaban J connectivity index is 1.96. The number of furan rings is 1. The SMILES string of the molecule is Cc1nn(C)c(C(=O)Nc2c(C(N)=O)sc3nc(C(F)F)cc(-c4ccco4)c23)c1Br. The Bertz CT molecular complexity index is 1330. The van der Waals surface area contributed by atoms with Crippen LogP contribution in [0.5, 0.6) is 0 Å². The molecule has 0 atom stereocenters. The summed E-state index contributed by atoms with van der Waals surface area (Å²) in [6.07, 6.45) is -1.46. The van der Waals surface area contributed by atoms with Crippen molar-refractivity contribution in [2.24, 2.45) is 12.8 Å². The molecule has 0 aliphatic carbocycles. The van der Waals surface area contributed by atoms with Crippen LogP contribution in [-0.2, 0) is 7.05 Å². The van der Waals surface area contributed by atoms with Crippen LogP contribution in [-0.4, -0.2) is 26.6 Å². The predicted molar refractivity (Wildman–Crippen MR) is 114 cm³/mol. The normalized spacial score (nSPS) is 11.4. The number of pyridine rings is 1. The van der Waals surface area contributed by atoms with Gasteiger partial charge in [0.1, 0.15) is 26.9 Å². The maximum Gasteiger partial charge on any atom is 0.280 e. The second-order valence-electron chi connectivity index (χ2n) is 6.55. The number of fused-ring (bicyclic) bond motifs is 1. The number of nitrogens with two attached hydrogens (primary N) is 1. The molecule has 31 heavy (non-hydrogen) atoms. The molecule has 4 aromatic heterocycles. The van der Waals surface area contributed by atoms with Crippen LogP contribution in [0.2, 0.25) is 0 Å². The van der Waals surface area contributed by atoms with Crippen molar-refractivity contribution in [2.45, 2.75) is 13.3 Å². The summed E-state index contributed by atoms with van der Waals surface area (Å²) in [5, 5.41) is 7.15. The van der Waals surface area contributed by atoms with E-state index in [1.807, 2.05) is 0 Å². The van der Waals surface area contributed by atoms with Crippen LogP contribution >= 0.6 is 27.3 Å². The summed E-state index contributed by atoms with van der Waals surface area (Å²) in [6, 6.07) is 4.35. The summed E-state index contributed by atoms with van der Waals surface area (Å²) in [4.78, 5) is 29.2. The van der Waals surface area contributed by atoms with Gasteiger partial charge < -0.3 is 15.5 Å². The number of rotatable bonds is 5. The molecule has 0 aliphatic heterocycles. The lowest BCUT2D eigenvalue weighted by atomic mass is 10.1. The highest BCUT2D eigenvalue weighted by Crippen LogP contribution is 2.42. The van der Waals surface area contributed by atoms with Crippen molar-refractivity contribution in [2.75, 3.05) is 5.32 Å². The molecule has 4 heterocycles. The predicted octanol–water partition coefficient (Wildman–Crippen LogP) is 4.65. The number of alkyl halides is 2. The van der Waals surface area contributed by atoms with Gasteiger partial charge in [0.2, 0.25) is 0 Å². The van der Waals surface area contributed by atoms with Gasteiger partial charge >= 0.3 is 0 Å². The number of aromatic nitrogens is 3. The molecular formula is C19H14BrF2N5O3S. The van der Waals surface area contributed by atoms with Gasteiger partial charge in [-0.15, -0.1) is 11.3 Å². The number of nitrogens with zero attached hydrogens (tertiary/aromatic N) is 3. The molecule has 0 aliphatic rings. The number of nitrogens with one attached hydrogen (secondary N) is 1. The zero-order chi connectivity index (χ0) is 22.4. The Morgan fingerprint density at radius 2 is 2.13 bits per heavy atom. The number of carbonyl (C=O) groups excluding carboxylic acids is 2. The molecule has 0 spiro atoms. The fourth-order valence-electron chi connectivity index (χ4n) is 3.20. The lowest BCUT2D eigenvalue weighted by Gasteiger charge is -2.10. The molecule has 0 radical (unpaired) electrons. The van der Waals surface area contributed by atoms with Gasteiger partial charge in [-0.05, 0) is 41.1 Å². The first kappa shape index (κ1) is 21.1. The fraction of sp³-hybridized carbons (Fsp3) is 0.158. The Morgan fingerprint density at radius 3 is 2.68 bits per heavy atom. The number of anilines is 1. The van der Waals surface area contributed by atoms with Crippen molar-refractivity contribution < 1.29 is 22.8 Å². The molecule has 4 aromatic rings. The van der Waals surface area contributed by atoms with Crippen molar-refractivity contribution in [1.82, 2.24) is 14.8 Å². The lowest BCUT2D eigenvalue weighted by Crippen LogP contribution is -2.19. The van der Waals surface area contributed by atoms with Crippen molar-refractivity contribution >= 4 is 55.0 Å². The van der Waals surface area contributed by atoms with Crippen molar-refractivity contribution in [1.29, 1.82) is 0 Å². The average molecular weight is 510 g/mol. The van der Waals surface area contributed by atoms with Crippen LogP contribution in [0.25, 0.3) is 21.5 Å². The third-order valence-electron chi connectivity index (χ3n) is 4.52. The molecule has 12 heteroatoms. The van der Waals surface area contributed by atoms with Gasteiger partial charge in [0, 0.05) is 18.0 Å². The van der Waals surface area contributed by atoms with Crippen LogP contribution in [0.1, 0.15) is 38.0 Å². The van der Waals surface area contributed by atoms with Crippen LogP contribution in [0.3, 0.4) is 0 Å². The van der Waals surface area contributed by atoms with Crippen LogP contribution in [0.4, 0.5) is 14.5 Å². The molecule has 0 bridgehead atoms. The number of hydrogen-bond donors (Lipinski definition) is 2. The first-order valence-electron chi connectivity index (χ1n) is 8.78. The van der Waals surface area contributed by atoms with Gasteiger partial charge in [-0.2, -0.15) is 5.10 Å². The van der Waals surface area contributed by atoms with Crippen LogP contribution < -0.4 is 11.1 Å². The Labute approximate surface area is 186 Å². The highest BCUT2D eigenvalue weighted by atomic mass is 79.9. The van der Waals surface area contributed by atoms with E-state index >= 15 is 0 Å². The first-order valence-corrected chi connectivity index (χ1v) is 10.4. The summed E-state index contributed by atoms with van der Waals surface area (Å²) >= 11 is 4.15. The highest BCUT2D eigenvalue weighted by molar-refractivity contribution is 9.10. The standard InChI is InChI=1S/C19H14BrF2N5O3S/c1-7-12(20)14(27(2)26-7)18(29)25-13-11-8(10-4-3-5-30-10)6-9(16(21)22)24-19(11)31-15(13)17(23)28/h3-6,16H,1-2H3,(H2,23,28)(H,25,29). The van der Waals surface area contributed by atoms with Gasteiger partial charge in [0.05, 0.1) is 22.1 Å². The maximum atomic E-state index is 13.4. The minimum Gasteiger partial charge on any atom is -0.464 e. The first-order chi connectivity index (χ1) is 14.7. The summed E-state index contributed by atoms with van der Waals surface area (Å²) in [5.41, 5.74) is 6.16. The minimum absolute atomic E-state index is 0.0231. The molecule has 0 fully saturated rings. The third kappa shape index (κ3) is 3.61. The van der Waals surface area contributed by atoms with E-state index in [4.69, 9.17) is 10.2 Å². The molecule has 8 nitrogen and oxygen atoms in total. The number of hydrogen-bond acceptors (Lipinski definition) is 6. The van der Waals surface area contributed by atoms with Gasteiger partial charge in [0.25, 0.3) is 18.2 Å². The van der Waals surface area contributed by atoms with Crippen LogP contribution in [0.15, 0.2) is 33.4 Å². The number of halogens is 3. The van der Waals surface area contributed by atoms with Crippen LogP contribution in [0, 0.1) is 6.92 Å². The number of carbonyl (C=O) groups is 2. The Kier molecular flexibility index (Phi) is 5.35. The van der Waals surface area contributed by atoms with E-state index in [2.05, 4.69) is 31.3 Å². The largest absolute Gasteiger partial charge is 0.464 e. The lowest BCUT2D eigenvalue weighted by molar-refractivity contribution is 0.100. The highest BCUT2D eigenvalue weighted by Gasteiger charge is 2.27. The summed E-state index contributed by atoms with van der Waals surface area (Å²) < 4.78 is 34.1. The van der Waals surface area contributed by atoms with E-state index in [0.29, 0.717) is 10.2 Å². The second-order valence-corrected chi connectivity index (χ2v) is 8.34. The van der Waals surface area contributed by atoms with E-state index < -0.39 is 23.9 Å². The van der Waals surface area contributed by atoms with E-state index in [-0.39, 0.29) is 37.8 Å². The smallest absolute Gasteiger partial charge is 0.280 e. The monoisotopic (exact) mass is 509 g/mol. The molecule has 0 saturated heterocycles. The van der Waals surface area contributed by atoms with Gasteiger partial charge in [-0.25, -0.2) is 13.8 Å². The fourth-order valence-corrected chi connectivity index (χ4v) is 4.73. The minimum atomic E-state index is -2.84. The number of thiophene rings is 1. The number of amides is 2. The molecule has 2 amide bonds. The average Bonchev–Trinajstić information content (AvgIpc) is 3.40. The molecule has 3 N–H and O–H groups in total. The van der Waals surface area contributed by atoms with Gasteiger partial charge in [0.15, 0.2) is 0 Å². The van der Waals surface area contributed by atoms with E-state index in [1.54, 1.807) is 26.1 Å². The third-order valence-corrected chi connectivity index (χ3v) is 6.57. The number of aryl methyl sites for hydroxylation is 2. The summed E-state index contributed by atoms with van der Waals surface area (Å²) in [7, 11) is 1.60. The Hall–Kier alpha value is -3.12. The molecule has 160 valence electrons. The van der Waals surface area contributed by atoms with Gasteiger partial charge in [-0.1, -0.05) is 0 Å². The maximum absolute atomic E-state index is 13.4. The van der Waals surface area contributed by atoms with Crippen molar-refractivity contribution in [3.05, 3.63) is 50.9 Å². The van der Waals surface area contributed by atoms with E-state index in [1.165, 1.54) is 17.0 Å². The number of primary amides is 1. The zero-order valence-corrected chi connectivity index (χ0v) is 18.5. The molecule has 4 rings (SSSR count). The molecule has 0 saturated carbocycles. The van der Waals surface area contributed by atoms with Crippen molar-refractivity contribution in [3.63, 3.8) is 0 Å². The summed E-state index contributed by atoms with van der Waals surface area (Å²) in [6.45, 7) is 1.72. The quantitative estimate of drug-likeness (QED) is 0.406. The van der Waals surface area contributed by atoms with E-state index in [9.17, 15) is 18.4 Å². The second kappa shape index (κ2) is 7.85. The van der Waals surface area contributed by atoms with Gasteiger partial charge in [-0.3, -0.25) is 14.3 Å². The zero-order valence-electron chi connectivity index (χ0n) is 16.1. The molecular weight excluding hydrogens is 496 g/mol. The molecule has 0 unspecified atom stereocenters. The van der Waals surface area contributed by atoms with Crippen molar-refractivity contribution in [3.8, 4) is 11.3 Å². The summed E-state index contributed by atoms with van der Waals surface area (Å²) in [5.74, 6) is -1.13. The topological polar surface area (TPSA) is 116 Å².